The average Bonchev–Trinajstić information content (AvgIpc) is 3.80. The Bertz CT molecular complexity index is 3440. The molecule has 0 amide bonds. The number of fused-ring (bicyclic) bond motifs is 8. The van der Waals surface area contributed by atoms with Crippen molar-refractivity contribution in [2.75, 3.05) is 4.90 Å². The van der Waals surface area contributed by atoms with Gasteiger partial charge >= 0.3 is 0 Å². The summed E-state index contributed by atoms with van der Waals surface area (Å²) in [4.78, 5) is 2.46. The molecule has 2 nitrogen and oxygen atoms in total. The summed E-state index contributed by atoms with van der Waals surface area (Å²) in [7, 11) is 0. The Morgan fingerprint density at radius 1 is 0.345 bits per heavy atom. The van der Waals surface area contributed by atoms with Gasteiger partial charge in [-0.05, 0) is 88.3 Å². The van der Waals surface area contributed by atoms with Crippen LogP contribution < -0.4 is 4.90 Å². The van der Waals surface area contributed by atoms with Crippen molar-refractivity contribution < 1.29 is 0 Å². The van der Waals surface area contributed by atoms with E-state index in [0.717, 1.165) is 17.1 Å². The van der Waals surface area contributed by atoms with Gasteiger partial charge in [-0.25, -0.2) is 0 Å². The maximum absolute atomic E-state index is 2.49. The number of nitrogens with zero attached hydrogens (tertiary/aromatic N) is 2. The highest BCUT2D eigenvalue weighted by molar-refractivity contribution is 7.25. The second-order valence-corrected chi connectivity index (χ2v) is 15.6. The predicted octanol–water partition coefficient (Wildman–Crippen LogP) is 15.2. The van der Waals surface area contributed by atoms with Crippen LogP contribution in [0.5, 0.6) is 0 Å². The Morgan fingerprint density at radius 2 is 0.927 bits per heavy atom. The molecule has 0 aliphatic rings. The van der Waals surface area contributed by atoms with Crippen molar-refractivity contribution in [3.8, 4) is 22.3 Å². The number of hydrogen-bond donors (Lipinski definition) is 0. The number of pyridine rings is 1. The number of hydrogen-bond acceptors (Lipinski definition) is 2. The third kappa shape index (κ3) is 4.54. The summed E-state index contributed by atoms with van der Waals surface area (Å²) in [5.41, 5.74) is 11.9. The molecule has 55 heavy (non-hydrogen) atoms. The average molecular weight is 717 g/mol. The third-order valence-electron chi connectivity index (χ3n) is 11.5. The fraction of sp³-hybridized carbons (Fsp3) is 0. The Kier molecular flexibility index (Phi) is 6.54. The number of thiophene rings is 1. The van der Waals surface area contributed by atoms with E-state index in [-0.39, 0.29) is 0 Å². The van der Waals surface area contributed by atoms with E-state index in [2.05, 4.69) is 203 Å². The van der Waals surface area contributed by atoms with Crippen molar-refractivity contribution >= 4 is 97.4 Å². The molecule has 12 aromatic rings. The van der Waals surface area contributed by atoms with Crippen LogP contribution >= 0.6 is 11.3 Å². The topological polar surface area (TPSA) is 7.65 Å². The zero-order chi connectivity index (χ0) is 36.0. The Balaban J connectivity index is 1.12. The molecule has 0 spiro atoms. The highest BCUT2D eigenvalue weighted by Gasteiger charge is 2.22. The molecule has 9 aromatic carbocycles. The van der Waals surface area contributed by atoms with Gasteiger partial charge in [-0.15, -0.1) is 11.3 Å². The minimum absolute atomic E-state index is 1.11. The molecule has 0 N–H and O–H groups in total. The molecule has 256 valence electrons. The monoisotopic (exact) mass is 716 g/mol. The van der Waals surface area contributed by atoms with Gasteiger partial charge in [-0.1, -0.05) is 133 Å². The summed E-state index contributed by atoms with van der Waals surface area (Å²) in [5.74, 6) is 0. The summed E-state index contributed by atoms with van der Waals surface area (Å²) in [6.45, 7) is 0. The van der Waals surface area contributed by atoms with Gasteiger partial charge in [0, 0.05) is 58.5 Å². The molecule has 0 fully saturated rings. The fourth-order valence-corrected chi connectivity index (χ4v) is 10.2. The van der Waals surface area contributed by atoms with Gasteiger partial charge in [0.2, 0.25) is 0 Å². The van der Waals surface area contributed by atoms with Crippen LogP contribution in [0.4, 0.5) is 17.1 Å². The molecule has 0 radical (unpaired) electrons. The van der Waals surface area contributed by atoms with Crippen LogP contribution in [-0.4, -0.2) is 4.40 Å². The smallest absolute Gasteiger partial charge is 0.0619 e. The Labute approximate surface area is 321 Å². The lowest BCUT2D eigenvalue weighted by Gasteiger charge is -2.28. The van der Waals surface area contributed by atoms with Crippen LogP contribution in [0.25, 0.3) is 91.3 Å². The summed E-state index contributed by atoms with van der Waals surface area (Å²) in [6, 6.07) is 71.5. The first-order valence-corrected chi connectivity index (χ1v) is 19.7. The molecule has 0 saturated heterocycles. The van der Waals surface area contributed by atoms with Crippen molar-refractivity contribution in [1.82, 2.24) is 4.40 Å². The van der Waals surface area contributed by atoms with E-state index in [9.17, 15) is 0 Å². The number of benzene rings is 9. The number of para-hydroxylation sites is 2. The summed E-state index contributed by atoms with van der Waals surface area (Å²) >= 11 is 1.86. The normalized spacial score (nSPS) is 12.0. The maximum Gasteiger partial charge on any atom is 0.0619 e. The number of anilines is 3. The van der Waals surface area contributed by atoms with Gasteiger partial charge in [-0.3, -0.25) is 0 Å². The van der Waals surface area contributed by atoms with Crippen LogP contribution in [-0.2, 0) is 0 Å². The lowest BCUT2D eigenvalue weighted by atomic mass is 9.97. The van der Waals surface area contributed by atoms with Crippen LogP contribution in [0.3, 0.4) is 0 Å². The Morgan fingerprint density at radius 3 is 1.75 bits per heavy atom. The van der Waals surface area contributed by atoms with E-state index in [1.165, 1.54) is 91.3 Å². The predicted molar refractivity (Wildman–Crippen MR) is 237 cm³/mol. The van der Waals surface area contributed by atoms with Gasteiger partial charge in [0.1, 0.15) is 0 Å². The zero-order valence-corrected chi connectivity index (χ0v) is 30.6. The first-order chi connectivity index (χ1) is 27.3. The fourth-order valence-electron chi connectivity index (χ4n) is 9.08. The minimum Gasteiger partial charge on any atom is -0.310 e. The summed E-state index contributed by atoms with van der Waals surface area (Å²) in [5, 5.41) is 10.3. The molecule has 0 aliphatic heterocycles. The molecule has 0 unspecified atom stereocenters. The van der Waals surface area contributed by atoms with Crippen LogP contribution in [0.1, 0.15) is 0 Å². The molecule has 0 saturated carbocycles. The first-order valence-electron chi connectivity index (χ1n) is 18.8. The van der Waals surface area contributed by atoms with E-state index < -0.39 is 0 Å². The van der Waals surface area contributed by atoms with Crippen LogP contribution in [0.15, 0.2) is 194 Å². The molecule has 3 heterocycles. The molecule has 0 bridgehead atoms. The van der Waals surface area contributed by atoms with Gasteiger partial charge in [-0.2, -0.15) is 0 Å². The van der Waals surface area contributed by atoms with Gasteiger partial charge in [0.15, 0.2) is 0 Å². The lowest BCUT2D eigenvalue weighted by molar-refractivity contribution is 1.29. The number of rotatable bonds is 5. The van der Waals surface area contributed by atoms with Crippen molar-refractivity contribution in [2.24, 2.45) is 0 Å². The molecule has 0 aliphatic carbocycles. The van der Waals surface area contributed by atoms with E-state index in [4.69, 9.17) is 0 Å². The highest BCUT2D eigenvalue weighted by atomic mass is 32.1. The van der Waals surface area contributed by atoms with Crippen molar-refractivity contribution in [2.45, 2.75) is 0 Å². The molecule has 12 rings (SSSR count). The highest BCUT2D eigenvalue weighted by Crippen LogP contribution is 2.47. The van der Waals surface area contributed by atoms with Gasteiger partial charge in [0.25, 0.3) is 0 Å². The van der Waals surface area contributed by atoms with E-state index in [1.807, 2.05) is 11.3 Å². The maximum atomic E-state index is 2.49. The van der Waals surface area contributed by atoms with E-state index in [1.54, 1.807) is 0 Å². The molecule has 3 heteroatoms. The lowest BCUT2D eigenvalue weighted by Crippen LogP contribution is -2.11. The quantitative estimate of drug-likeness (QED) is 0.127. The summed E-state index contributed by atoms with van der Waals surface area (Å²) in [6.07, 6.45) is 0. The van der Waals surface area contributed by atoms with Gasteiger partial charge < -0.3 is 9.30 Å². The molecular weight excluding hydrogens is 685 g/mol. The third-order valence-corrected chi connectivity index (χ3v) is 12.6. The minimum atomic E-state index is 1.11. The van der Waals surface area contributed by atoms with Crippen molar-refractivity contribution in [3.05, 3.63) is 194 Å². The van der Waals surface area contributed by atoms with Crippen LogP contribution in [0, 0.1) is 0 Å². The second kappa shape index (κ2) is 11.8. The standard InChI is InChI=1S/C52H32N2S/c1-2-12-33(13-3-1)34-14-8-16-37(30-34)53(38-17-9-15-35(31-38)36-26-29-50-45(32-36)40-19-5-7-25-49(40)55-50)47-27-28-48-51-41(20-10-23-44(47)51)43-22-11-21-42-39-18-4-6-24-46(39)54(48)52(42)43/h1-32H. The Hall–Kier alpha value is -6.94. The van der Waals surface area contributed by atoms with Crippen LogP contribution in [0.2, 0.25) is 0 Å². The molecular formula is C52H32N2S. The summed E-state index contributed by atoms with van der Waals surface area (Å²) < 4.78 is 5.13. The largest absolute Gasteiger partial charge is 0.310 e. The molecule has 0 atom stereocenters. The second-order valence-electron chi connectivity index (χ2n) is 14.5. The van der Waals surface area contributed by atoms with Crippen molar-refractivity contribution in [1.29, 1.82) is 0 Å². The van der Waals surface area contributed by atoms with E-state index >= 15 is 0 Å². The molecule has 3 aromatic heterocycles. The zero-order valence-electron chi connectivity index (χ0n) is 29.8. The first kappa shape index (κ1) is 30.5. The van der Waals surface area contributed by atoms with Gasteiger partial charge in [0.05, 0.1) is 22.2 Å². The van der Waals surface area contributed by atoms with E-state index in [0.29, 0.717) is 0 Å². The SMILES string of the molecule is c1ccc(-c2cccc(N(c3cccc(-c4ccc5sc6ccccc6c5c4)c3)c3ccc4c5c3cccc5c3cccc5c6ccccc6n4c35)c2)cc1. The number of aromatic nitrogens is 1. The van der Waals surface area contributed by atoms with Crippen molar-refractivity contribution in [3.63, 3.8) is 0 Å².